The highest BCUT2D eigenvalue weighted by Crippen LogP contribution is 2.15. The molecule has 0 unspecified atom stereocenters. The van der Waals surface area contributed by atoms with Crippen LogP contribution < -0.4 is 4.74 Å². The molecular weight excluding hydrogens is 242 g/mol. The molecule has 1 aliphatic rings. The van der Waals surface area contributed by atoms with E-state index in [1.807, 2.05) is 12.1 Å². The van der Waals surface area contributed by atoms with Gasteiger partial charge in [-0.3, -0.25) is 0 Å². The molecule has 2 aromatic rings. The Bertz CT molecular complexity index is 548. The first-order valence-electron chi connectivity index (χ1n) is 6.48. The van der Waals surface area contributed by atoms with Crippen LogP contribution in [-0.4, -0.2) is 35.1 Å². The van der Waals surface area contributed by atoms with Gasteiger partial charge in [0.15, 0.2) is 0 Å². The highest BCUT2D eigenvalue weighted by atomic mass is 16.5. The lowest BCUT2D eigenvalue weighted by Crippen LogP contribution is -2.08. The van der Waals surface area contributed by atoms with E-state index in [0.29, 0.717) is 0 Å². The molecule has 5 heteroatoms. The number of hydrogen-bond acceptors (Lipinski definition) is 4. The fraction of sp³-hybridized carbons (Fsp3) is 0.429. The monoisotopic (exact) mass is 259 g/mol. The second kappa shape index (κ2) is 5.40. The average molecular weight is 259 g/mol. The van der Waals surface area contributed by atoms with Crippen molar-refractivity contribution in [2.24, 2.45) is 0 Å². The molecule has 0 amide bonds. The first-order chi connectivity index (χ1) is 9.36. The van der Waals surface area contributed by atoms with Gasteiger partial charge in [0.2, 0.25) is 0 Å². The standard InChI is InChI=1S/C14H17N3O2/c1-18-12-4-2-11(3-5-12)10-14-16-15-13-6-8-19-9-7-17(13)14/h2-5H,6-10H2,1H3. The van der Waals surface area contributed by atoms with Crippen LogP contribution in [0.5, 0.6) is 5.75 Å². The summed E-state index contributed by atoms with van der Waals surface area (Å²) in [4.78, 5) is 0. The van der Waals surface area contributed by atoms with Gasteiger partial charge < -0.3 is 14.0 Å². The minimum atomic E-state index is 0.737. The van der Waals surface area contributed by atoms with Crippen molar-refractivity contribution in [3.8, 4) is 5.75 Å². The van der Waals surface area contributed by atoms with Crippen molar-refractivity contribution in [3.05, 3.63) is 41.5 Å². The van der Waals surface area contributed by atoms with Gasteiger partial charge in [0.1, 0.15) is 17.4 Å². The first kappa shape index (κ1) is 12.2. The summed E-state index contributed by atoms with van der Waals surface area (Å²) in [6.07, 6.45) is 1.63. The number of nitrogens with zero attached hydrogens (tertiary/aromatic N) is 3. The molecule has 3 rings (SSSR count). The normalized spacial score (nSPS) is 14.8. The van der Waals surface area contributed by atoms with Gasteiger partial charge >= 0.3 is 0 Å². The Morgan fingerprint density at radius 3 is 2.84 bits per heavy atom. The van der Waals surface area contributed by atoms with E-state index in [0.717, 1.165) is 50.0 Å². The van der Waals surface area contributed by atoms with E-state index < -0.39 is 0 Å². The topological polar surface area (TPSA) is 49.2 Å². The predicted molar refractivity (Wildman–Crippen MR) is 70.3 cm³/mol. The van der Waals surface area contributed by atoms with Crippen molar-refractivity contribution in [3.63, 3.8) is 0 Å². The highest BCUT2D eigenvalue weighted by Gasteiger charge is 2.14. The fourth-order valence-corrected chi connectivity index (χ4v) is 2.29. The van der Waals surface area contributed by atoms with Crippen molar-refractivity contribution in [1.82, 2.24) is 14.8 Å². The van der Waals surface area contributed by atoms with Gasteiger partial charge in [-0.25, -0.2) is 0 Å². The molecule has 0 atom stereocenters. The molecule has 5 nitrogen and oxygen atoms in total. The van der Waals surface area contributed by atoms with Gasteiger partial charge in [0.05, 0.1) is 20.3 Å². The third-order valence-electron chi connectivity index (χ3n) is 3.35. The molecule has 1 aliphatic heterocycles. The molecule has 1 aromatic heterocycles. The zero-order valence-electron chi connectivity index (χ0n) is 11.0. The van der Waals surface area contributed by atoms with E-state index >= 15 is 0 Å². The first-order valence-corrected chi connectivity index (χ1v) is 6.48. The quantitative estimate of drug-likeness (QED) is 0.837. The molecule has 2 heterocycles. The highest BCUT2D eigenvalue weighted by molar-refractivity contribution is 5.29. The summed E-state index contributed by atoms with van der Waals surface area (Å²) in [6, 6.07) is 8.07. The van der Waals surface area contributed by atoms with Crippen LogP contribution in [-0.2, 0) is 24.1 Å². The molecule has 0 spiro atoms. The molecule has 0 bridgehead atoms. The number of rotatable bonds is 3. The summed E-state index contributed by atoms with van der Waals surface area (Å²) in [5.41, 5.74) is 1.21. The van der Waals surface area contributed by atoms with Crippen molar-refractivity contribution in [1.29, 1.82) is 0 Å². The molecule has 0 aliphatic carbocycles. The van der Waals surface area contributed by atoms with Crippen molar-refractivity contribution in [2.45, 2.75) is 19.4 Å². The average Bonchev–Trinajstić information content (AvgIpc) is 2.68. The summed E-state index contributed by atoms with van der Waals surface area (Å²) < 4.78 is 12.8. The summed E-state index contributed by atoms with van der Waals surface area (Å²) >= 11 is 0. The molecule has 19 heavy (non-hydrogen) atoms. The second-order valence-electron chi connectivity index (χ2n) is 4.57. The van der Waals surface area contributed by atoms with Crippen molar-refractivity contribution < 1.29 is 9.47 Å². The number of fused-ring (bicyclic) bond motifs is 1. The molecular formula is C14H17N3O2. The van der Waals surface area contributed by atoms with Crippen molar-refractivity contribution >= 4 is 0 Å². The number of methoxy groups -OCH3 is 1. The molecule has 0 fully saturated rings. The van der Waals surface area contributed by atoms with Gasteiger partial charge in [-0.15, -0.1) is 10.2 Å². The minimum Gasteiger partial charge on any atom is -0.497 e. The molecule has 100 valence electrons. The van der Waals surface area contributed by atoms with E-state index in [1.54, 1.807) is 7.11 Å². The Morgan fingerprint density at radius 1 is 1.21 bits per heavy atom. The lowest BCUT2D eigenvalue weighted by Gasteiger charge is -2.07. The molecule has 0 radical (unpaired) electrons. The van der Waals surface area contributed by atoms with Crippen LogP contribution in [0.1, 0.15) is 17.2 Å². The van der Waals surface area contributed by atoms with E-state index in [1.165, 1.54) is 5.56 Å². The summed E-state index contributed by atoms with van der Waals surface area (Å²) in [5.74, 6) is 2.91. The minimum absolute atomic E-state index is 0.737. The lowest BCUT2D eigenvalue weighted by molar-refractivity contribution is 0.139. The van der Waals surface area contributed by atoms with Gasteiger partial charge in [-0.2, -0.15) is 0 Å². The van der Waals surface area contributed by atoms with Crippen LogP contribution in [0.3, 0.4) is 0 Å². The van der Waals surface area contributed by atoms with Crippen LogP contribution in [0.2, 0.25) is 0 Å². The number of hydrogen-bond donors (Lipinski definition) is 0. The Morgan fingerprint density at radius 2 is 2.05 bits per heavy atom. The Kier molecular flexibility index (Phi) is 3.46. The van der Waals surface area contributed by atoms with E-state index in [2.05, 4.69) is 26.9 Å². The number of aromatic nitrogens is 3. The van der Waals surface area contributed by atoms with Gasteiger partial charge in [0, 0.05) is 19.4 Å². The van der Waals surface area contributed by atoms with Gasteiger partial charge in [0.25, 0.3) is 0 Å². The maximum Gasteiger partial charge on any atom is 0.137 e. The largest absolute Gasteiger partial charge is 0.497 e. The van der Waals surface area contributed by atoms with Gasteiger partial charge in [-0.05, 0) is 17.7 Å². The summed E-state index contributed by atoms with van der Waals surface area (Å²) in [5, 5.41) is 8.56. The maximum atomic E-state index is 5.47. The van der Waals surface area contributed by atoms with Crippen LogP contribution in [0, 0.1) is 0 Å². The zero-order valence-corrected chi connectivity index (χ0v) is 11.0. The smallest absolute Gasteiger partial charge is 0.137 e. The maximum absolute atomic E-state index is 5.47. The van der Waals surface area contributed by atoms with E-state index in [9.17, 15) is 0 Å². The molecule has 1 aromatic carbocycles. The Hall–Kier alpha value is -1.88. The van der Waals surface area contributed by atoms with Crippen molar-refractivity contribution in [2.75, 3.05) is 20.3 Å². The lowest BCUT2D eigenvalue weighted by atomic mass is 10.1. The predicted octanol–water partition coefficient (Wildman–Crippen LogP) is 1.45. The SMILES string of the molecule is COc1ccc(Cc2nnc3n2CCOCC3)cc1. The molecule has 0 N–H and O–H groups in total. The van der Waals surface area contributed by atoms with E-state index in [-0.39, 0.29) is 0 Å². The number of benzene rings is 1. The second-order valence-corrected chi connectivity index (χ2v) is 4.57. The Labute approximate surface area is 112 Å². The molecule has 0 saturated heterocycles. The van der Waals surface area contributed by atoms with Gasteiger partial charge in [-0.1, -0.05) is 12.1 Å². The molecule has 0 saturated carbocycles. The summed E-state index contributed by atoms with van der Waals surface area (Å²) in [7, 11) is 1.67. The fourth-order valence-electron chi connectivity index (χ4n) is 2.29. The third-order valence-corrected chi connectivity index (χ3v) is 3.35. The summed E-state index contributed by atoms with van der Waals surface area (Å²) in [6.45, 7) is 2.31. The van der Waals surface area contributed by atoms with E-state index in [4.69, 9.17) is 9.47 Å². The zero-order chi connectivity index (χ0) is 13.1. The van der Waals surface area contributed by atoms with Crippen LogP contribution in [0.15, 0.2) is 24.3 Å². The third kappa shape index (κ3) is 2.61. The Balaban J connectivity index is 1.80. The van der Waals surface area contributed by atoms with Crippen LogP contribution in [0.4, 0.5) is 0 Å². The number of ether oxygens (including phenoxy) is 2. The van der Waals surface area contributed by atoms with Crippen LogP contribution in [0.25, 0.3) is 0 Å². The van der Waals surface area contributed by atoms with Crippen LogP contribution >= 0.6 is 0 Å².